The average molecular weight is 288 g/mol. The molecule has 0 radical (unpaired) electrons. The molecule has 1 aliphatic rings. The maximum atomic E-state index is 9.72. The number of aliphatic hydroxyl groups excluding tert-OH is 1. The number of benzene rings is 1. The van der Waals surface area contributed by atoms with Crippen molar-refractivity contribution in [3.05, 3.63) is 35.5 Å². The van der Waals surface area contributed by atoms with Gasteiger partial charge in [-0.25, -0.2) is 0 Å². The summed E-state index contributed by atoms with van der Waals surface area (Å²) in [6.07, 6.45) is 3.87. The van der Waals surface area contributed by atoms with E-state index >= 15 is 0 Å². The number of para-hydroxylation sites is 1. The van der Waals surface area contributed by atoms with Crippen LogP contribution in [0.5, 0.6) is 0 Å². The summed E-state index contributed by atoms with van der Waals surface area (Å²) in [5, 5.41) is 14.7. The van der Waals surface area contributed by atoms with E-state index in [0.717, 1.165) is 25.8 Å². The zero-order valence-electron chi connectivity index (χ0n) is 12.6. The molecule has 0 aliphatic heterocycles. The van der Waals surface area contributed by atoms with E-state index in [-0.39, 0.29) is 6.10 Å². The van der Waals surface area contributed by atoms with E-state index in [1.165, 1.54) is 28.6 Å². The number of ether oxygens (including phenoxy) is 1. The number of aromatic amines is 1. The normalized spacial score (nSPS) is 19.6. The van der Waals surface area contributed by atoms with E-state index < -0.39 is 0 Å². The molecule has 1 aromatic carbocycles. The molecule has 0 saturated carbocycles. The lowest BCUT2D eigenvalue weighted by molar-refractivity contribution is 0.0588. The number of aliphatic hydroxyl groups is 1. The molecule has 2 unspecified atom stereocenters. The summed E-state index contributed by atoms with van der Waals surface area (Å²) in [6.45, 7) is 1.22. The molecule has 0 bridgehead atoms. The topological polar surface area (TPSA) is 57.3 Å². The zero-order valence-corrected chi connectivity index (χ0v) is 12.6. The van der Waals surface area contributed by atoms with Gasteiger partial charge in [-0.3, -0.25) is 0 Å². The van der Waals surface area contributed by atoms with E-state index in [4.69, 9.17) is 4.74 Å². The van der Waals surface area contributed by atoms with Crippen LogP contribution in [0.2, 0.25) is 0 Å². The quantitative estimate of drug-likeness (QED) is 0.765. The van der Waals surface area contributed by atoms with Crippen LogP contribution >= 0.6 is 0 Å². The van der Waals surface area contributed by atoms with Gasteiger partial charge in [0.2, 0.25) is 0 Å². The molecule has 3 N–H and O–H groups in total. The first kappa shape index (κ1) is 14.6. The Labute approximate surface area is 125 Å². The van der Waals surface area contributed by atoms with Gasteiger partial charge in [-0.05, 0) is 43.9 Å². The van der Waals surface area contributed by atoms with Crippen LogP contribution in [0, 0.1) is 0 Å². The van der Waals surface area contributed by atoms with Crippen LogP contribution in [0.3, 0.4) is 0 Å². The lowest BCUT2D eigenvalue weighted by Gasteiger charge is -2.24. The number of nitrogens with one attached hydrogen (secondary N) is 2. The van der Waals surface area contributed by atoms with E-state index in [9.17, 15) is 5.11 Å². The van der Waals surface area contributed by atoms with Gasteiger partial charge < -0.3 is 20.1 Å². The standard InChI is InChI=1S/C17H24N2O2/c1-21-11-12(20)9-10-18-16-8-4-6-14-13-5-2-3-7-15(13)19-17(14)16/h2-3,5,7,12,16,18-20H,4,6,8-11H2,1H3. The third-order valence-corrected chi connectivity index (χ3v) is 4.34. The molecule has 2 atom stereocenters. The van der Waals surface area contributed by atoms with E-state index in [1.54, 1.807) is 7.11 Å². The fourth-order valence-electron chi connectivity index (χ4n) is 3.32. The average Bonchev–Trinajstić information content (AvgIpc) is 2.87. The molecule has 4 nitrogen and oxygen atoms in total. The van der Waals surface area contributed by atoms with Crippen molar-refractivity contribution >= 4 is 10.9 Å². The highest BCUT2D eigenvalue weighted by Crippen LogP contribution is 2.34. The number of hydrogen-bond donors (Lipinski definition) is 3. The second-order valence-corrected chi connectivity index (χ2v) is 5.86. The predicted octanol–water partition coefficient (Wildman–Crippen LogP) is 2.53. The first-order chi connectivity index (χ1) is 10.3. The fourth-order valence-corrected chi connectivity index (χ4v) is 3.32. The summed E-state index contributed by atoms with van der Waals surface area (Å²) in [7, 11) is 1.62. The van der Waals surface area contributed by atoms with Crippen LogP contribution in [0.25, 0.3) is 10.9 Å². The number of H-pyrrole nitrogens is 1. The summed E-state index contributed by atoms with van der Waals surface area (Å²) in [6, 6.07) is 8.90. The Morgan fingerprint density at radius 3 is 3.14 bits per heavy atom. The molecule has 1 aliphatic carbocycles. The molecular weight excluding hydrogens is 264 g/mol. The lowest BCUT2D eigenvalue weighted by Crippen LogP contribution is -2.29. The molecule has 1 heterocycles. The zero-order chi connectivity index (χ0) is 14.7. The Balaban J connectivity index is 1.69. The van der Waals surface area contributed by atoms with Gasteiger partial charge in [0.15, 0.2) is 0 Å². The van der Waals surface area contributed by atoms with Crippen molar-refractivity contribution < 1.29 is 9.84 Å². The third-order valence-electron chi connectivity index (χ3n) is 4.34. The molecule has 0 amide bonds. The molecule has 1 aromatic heterocycles. The van der Waals surface area contributed by atoms with Gasteiger partial charge in [-0.2, -0.15) is 0 Å². The van der Waals surface area contributed by atoms with Crippen LogP contribution < -0.4 is 5.32 Å². The summed E-state index contributed by atoms with van der Waals surface area (Å²) in [5.41, 5.74) is 4.03. The van der Waals surface area contributed by atoms with Crippen molar-refractivity contribution in [3.8, 4) is 0 Å². The van der Waals surface area contributed by atoms with Gasteiger partial charge in [0.1, 0.15) is 0 Å². The summed E-state index contributed by atoms with van der Waals surface area (Å²) >= 11 is 0. The summed E-state index contributed by atoms with van der Waals surface area (Å²) in [4.78, 5) is 3.58. The first-order valence-electron chi connectivity index (χ1n) is 7.79. The highest BCUT2D eigenvalue weighted by atomic mass is 16.5. The molecule has 0 saturated heterocycles. The highest BCUT2D eigenvalue weighted by Gasteiger charge is 2.23. The molecular formula is C17H24N2O2. The molecule has 0 fully saturated rings. The Morgan fingerprint density at radius 2 is 2.29 bits per heavy atom. The Hall–Kier alpha value is -1.36. The third kappa shape index (κ3) is 3.12. The van der Waals surface area contributed by atoms with Gasteiger partial charge in [0.05, 0.1) is 12.7 Å². The van der Waals surface area contributed by atoms with Crippen LogP contribution in [0.4, 0.5) is 0 Å². The van der Waals surface area contributed by atoms with E-state index in [2.05, 4.69) is 34.6 Å². The molecule has 114 valence electrons. The van der Waals surface area contributed by atoms with Crippen molar-refractivity contribution in [1.82, 2.24) is 10.3 Å². The largest absolute Gasteiger partial charge is 0.391 e. The van der Waals surface area contributed by atoms with Crippen molar-refractivity contribution in [2.24, 2.45) is 0 Å². The van der Waals surface area contributed by atoms with Crippen LogP contribution in [0.15, 0.2) is 24.3 Å². The Morgan fingerprint density at radius 1 is 1.43 bits per heavy atom. The molecule has 21 heavy (non-hydrogen) atoms. The van der Waals surface area contributed by atoms with Crippen molar-refractivity contribution in [1.29, 1.82) is 0 Å². The van der Waals surface area contributed by atoms with Gasteiger partial charge in [0.25, 0.3) is 0 Å². The number of aryl methyl sites for hydroxylation is 1. The second kappa shape index (κ2) is 6.60. The Bertz CT molecular complexity index is 593. The number of aromatic nitrogens is 1. The molecule has 3 rings (SSSR count). The van der Waals surface area contributed by atoms with Crippen molar-refractivity contribution in [3.63, 3.8) is 0 Å². The minimum Gasteiger partial charge on any atom is -0.391 e. The van der Waals surface area contributed by atoms with E-state index in [0.29, 0.717) is 12.6 Å². The van der Waals surface area contributed by atoms with Gasteiger partial charge in [0, 0.05) is 29.7 Å². The van der Waals surface area contributed by atoms with Gasteiger partial charge >= 0.3 is 0 Å². The van der Waals surface area contributed by atoms with Crippen molar-refractivity contribution in [2.75, 3.05) is 20.3 Å². The highest BCUT2D eigenvalue weighted by molar-refractivity contribution is 5.85. The van der Waals surface area contributed by atoms with Crippen molar-refractivity contribution in [2.45, 2.75) is 37.8 Å². The number of fused-ring (bicyclic) bond motifs is 3. The molecule has 4 heteroatoms. The lowest BCUT2D eigenvalue weighted by atomic mass is 9.91. The summed E-state index contributed by atoms with van der Waals surface area (Å²) in [5.74, 6) is 0. The van der Waals surface area contributed by atoms with E-state index in [1.807, 2.05) is 0 Å². The minimum atomic E-state index is -0.381. The van der Waals surface area contributed by atoms with Gasteiger partial charge in [-0.1, -0.05) is 18.2 Å². The minimum absolute atomic E-state index is 0.371. The maximum Gasteiger partial charge on any atom is 0.0785 e. The first-order valence-corrected chi connectivity index (χ1v) is 7.79. The Kier molecular flexibility index (Phi) is 4.58. The number of rotatable bonds is 6. The maximum absolute atomic E-state index is 9.72. The van der Waals surface area contributed by atoms with Gasteiger partial charge in [-0.15, -0.1) is 0 Å². The van der Waals surface area contributed by atoms with Crippen LogP contribution in [0.1, 0.15) is 36.6 Å². The summed E-state index contributed by atoms with van der Waals surface area (Å²) < 4.78 is 4.96. The SMILES string of the molecule is COCC(O)CCNC1CCCc2c1[nH]c1ccccc21. The number of hydrogen-bond acceptors (Lipinski definition) is 3. The van der Waals surface area contributed by atoms with Crippen LogP contribution in [-0.4, -0.2) is 36.5 Å². The smallest absolute Gasteiger partial charge is 0.0785 e. The second-order valence-electron chi connectivity index (χ2n) is 5.86. The van der Waals surface area contributed by atoms with Crippen LogP contribution in [-0.2, 0) is 11.2 Å². The number of methoxy groups -OCH3 is 1. The predicted molar refractivity (Wildman–Crippen MR) is 84.5 cm³/mol. The molecule has 2 aromatic rings. The molecule has 0 spiro atoms. The fraction of sp³-hybridized carbons (Fsp3) is 0.529. The monoisotopic (exact) mass is 288 g/mol.